The molecule has 1 heterocycles. The predicted molar refractivity (Wildman–Crippen MR) is 50.9 cm³/mol. The van der Waals surface area contributed by atoms with Crippen molar-refractivity contribution < 1.29 is 9.84 Å². The molecule has 0 aromatic rings. The number of fused-ring (bicyclic) bond motifs is 1. The maximum absolute atomic E-state index is 9.45. The van der Waals surface area contributed by atoms with Gasteiger partial charge < -0.3 is 9.84 Å². The number of aliphatic hydroxyl groups excluding tert-OH is 1. The van der Waals surface area contributed by atoms with Gasteiger partial charge in [-0.05, 0) is 25.7 Å². The number of rotatable bonds is 2. The zero-order chi connectivity index (χ0) is 9.26. The average molecular weight is 183 g/mol. The molecule has 1 aliphatic heterocycles. The molecule has 2 aliphatic rings. The van der Waals surface area contributed by atoms with Gasteiger partial charge in [-0.15, -0.1) is 0 Å². The lowest BCUT2D eigenvalue weighted by Crippen LogP contribution is -2.33. The van der Waals surface area contributed by atoms with E-state index in [0.717, 1.165) is 38.0 Å². The first-order valence-corrected chi connectivity index (χ1v) is 5.21. The van der Waals surface area contributed by atoms with Crippen molar-refractivity contribution in [3.05, 3.63) is 0 Å². The van der Waals surface area contributed by atoms with E-state index in [9.17, 15) is 5.11 Å². The molecular formula is C10H17NO2. The molecule has 3 unspecified atom stereocenters. The summed E-state index contributed by atoms with van der Waals surface area (Å²) in [7, 11) is 0. The van der Waals surface area contributed by atoms with Gasteiger partial charge in [0.1, 0.15) is 6.10 Å². The Hall–Kier alpha value is -0.570. The molecule has 0 aromatic carbocycles. The van der Waals surface area contributed by atoms with Crippen molar-refractivity contribution in [1.29, 1.82) is 0 Å². The van der Waals surface area contributed by atoms with E-state index in [1.54, 1.807) is 0 Å². The Morgan fingerprint density at radius 3 is 3.15 bits per heavy atom. The van der Waals surface area contributed by atoms with Crippen LogP contribution in [0.3, 0.4) is 0 Å². The molecule has 0 aromatic heterocycles. The van der Waals surface area contributed by atoms with Gasteiger partial charge in [0.05, 0.1) is 12.1 Å². The lowest BCUT2D eigenvalue weighted by atomic mass is 9.91. The van der Waals surface area contributed by atoms with Gasteiger partial charge in [0.15, 0.2) is 5.90 Å². The van der Waals surface area contributed by atoms with Crippen LogP contribution in [0, 0.1) is 0 Å². The topological polar surface area (TPSA) is 41.8 Å². The zero-order valence-corrected chi connectivity index (χ0v) is 8.07. The molecule has 0 radical (unpaired) electrons. The normalized spacial score (nSPS) is 38.0. The standard InChI is InChI=1S/C10H17NO2/c1-2-3-10-11-8-6-7(12)4-5-9(8)13-10/h7-9,12H,2-6H2,1H3. The zero-order valence-electron chi connectivity index (χ0n) is 8.07. The second-order valence-corrected chi connectivity index (χ2v) is 3.96. The lowest BCUT2D eigenvalue weighted by molar-refractivity contribution is 0.0613. The molecular weight excluding hydrogens is 166 g/mol. The van der Waals surface area contributed by atoms with Gasteiger partial charge in [-0.3, -0.25) is 0 Å². The molecule has 1 saturated carbocycles. The van der Waals surface area contributed by atoms with Crippen LogP contribution in [0.2, 0.25) is 0 Å². The molecule has 1 aliphatic carbocycles. The molecule has 74 valence electrons. The molecule has 1 fully saturated rings. The highest BCUT2D eigenvalue weighted by atomic mass is 16.5. The number of hydrogen-bond acceptors (Lipinski definition) is 3. The Morgan fingerprint density at radius 2 is 2.38 bits per heavy atom. The van der Waals surface area contributed by atoms with Gasteiger partial charge in [0.25, 0.3) is 0 Å². The quantitative estimate of drug-likeness (QED) is 0.704. The van der Waals surface area contributed by atoms with E-state index in [1.807, 2.05) is 0 Å². The van der Waals surface area contributed by atoms with Crippen LogP contribution < -0.4 is 0 Å². The highest BCUT2D eigenvalue weighted by Gasteiger charge is 2.35. The highest BCUT2D eigenvalue weighted by Crippen LogP contribution is 2.29. The number of nitrogens with zero attached hydrogens (tertiary/aromatic N) is 1. The Balaban J connectivity index is 1.96. The summed E-state index contributed by atoms with van der Waals surface area (Å²) in [6.07, 6.45) is 4.76. The van der Waals surface area contributed by atoms with Crippen molar-refractivity contribution >= 4 is 5.90 Å². The van der Waals surface area contributed by atoms with E-state index >= 15 is 0 Å². The molecule has 2 rings (SSSR count). The third-order valence-corrected chi connectivity index (χ3v) is 2.79. The number of aliphatic hydroxyl groups is 1. The van der Waals surface area contributed by atoms with Crippen LogP contribution in [-0.4, -0.2) is 29.3 Å². The predicted octanol–water partition coefficient (Wildman–Crippen LogP) is 1.50. The number of ether oxygens (including phenoxy) is 1. The first-order valence-electron chi connectivity index (χ1n) is 5.21. The number of aliphatic imine (C=N–C) groups is 1. The van der Waals surface area contributed by atoms with E-state index in [-0.39, 0.29) is 18.2 Å². The minimum atomic E-state index is -0.158. The molecule has 0 amide bonds. The first-order chi connectivity index (χ1) is 6.29. The molecule has 13 heavy (non-hydrogen) atoms. The van der Waals surface area contributed by atoms with E-state index in [2.05, 4.69) is 11.9 Å². The third-order valence-electron chi connectivity index (χ3n) is 2.79. The molecule has 3 heteroatoms. The summed E-state index contributed by atoms with van der Waals surface area (Å²) < 4.78 is 5.69. The van der Waals surface area contributed by atoms with Crippen LogP contribution in [0.1, 0.15) is 39.0 Å². The van der Waals surface area contributed by atoms with Crippen LogP contribution >= 0.6 is 0 Å². The smallest absolute Gasteiger partial charge is 0.184 e. The second-order valence-electron chi connectivity index (χ2n) is 3.96. The van der Waals surface area contributed by atoms with Crippen LogP contribution in [0.4, 0.5) is 0 Å². The first kappa shape index (κ1) is 9.00. The van der Waals surface area contributed by atoms with Crippen LogP contribution in [-0.2, 0) is 4.74 Å². The summed E-state index contributed by atoms with van der Waals surface area (Å²) in [6.45, 7) is 2.13. The molecule has 3 atom stereocenters. The van der Waals surface area contributed by atoms with Crippen molar-refractivity contribution in [1.82, 2.24) is 0 Å². The molecule has 3 nitrogen and oxygen atoms in total. The van der Waals surface area contributed by atoms with E-state index in [4.69, 9.17) is 4.74 Å². The molecule has 0 saturated heterocycles. The minimum absolute atomic E-state index is 0.158. The SMILES string of the molecule is CCCC1=NC2CC(O)CCC2O1. The van der Waals surface area contributed by atoms with E-state index in [1.165, 1.54) is 0 Å². The summed E-state index contributed by atoms with van der Waals surface area (Å²) >= 11 is 0. The fraction of sp³-hybridized carbons (Fsp3) is 0.900. The van der Waals surface area contributed by atoms with Crippen molar-refractivity contribution in [3.8, 4) is 0 Å². The van der Waals surface area contributed by atoms with Gasteiger partial charge in [0.2, 0.25) is 0 Å². The largest absolute Gasteiger partial charge is 0.475 e. The summed E-state index contributed by atoms with van der Waals surface area (Å²) in [5.74, 6) is 0.909. The van der Waals surface area contributed by atoms with Crippen LogP contribution in [0.5, 0.6) is 0 Å². The molecule has 0 bridgehead atoms. The van der Waals surface area contributed by atoms with Gasteiger partial charge >= 0.3 is 0 Å². The maximum Gasteiger partial charge on any atom is 0.184 e. The van der Waals surface area contributed by atoms with Crippen molar-refractivity contribution in [2.45, 2.75) is 57.3 Å². The molecule has 0 spiro atoms. The summed E-state index contributed by atoms with van der Waals surface area (Å²) in [4.78, 5) is 4.48. The fourth-order valence-electron chi connectivity index (χ4n) is 2.10. The third kappa shape index (κ3) is 1.85. The Kier molecular flexibility index (Phi) is 2.54. The average Bonchev–Trinajstić information content (AvgIpc) is 2.46. The lowest BCUT2D eigenvalue weighted by Gasteiger charge is -2.26. The Morgan fingerprint density at radius 1 is 1.54 bits per heavy atom. The van der Waals surface area contributed by atoms with Gasteiger partial charge in [-0.1, -0.05) is 6.92 Å². The Labute approximate surface area is 78.8 Å². The van der Waals surface area contributed by atoms with Gasteiger partial charge in [-0.2, -0.15) is 0 Å². The Bertz CT molecular complexity index is 215. The van der Waals surface area contributed by atoms with Crippen LogP contribution in [0.15, 0.2) is 4.99 Å². The van der Waals surface area contributed by atoms with E-state index in [0.29, 0.717) is 0 Å². The highest BCUT2D eigenvalue weighted by molar-refractivity contribution is 5.78. The molecule has 1 N–H and O–H groups in total. The van der Waals surface area contributed by atoms with Crippen molar-refractivity contribution in [2.75, 3.05) is 0 Å². The maximum atomic E-state index is 9.45. The minimum Gasteiger partial charge on any atom is -0.475 e. The monoisotopic (exact) mass is 183 g/mol. The van der Waals surface area contributed by atoms with Crippen molar-refractivity contribution in [3.63, 3.8) is 0 Å². The summed E-state index contributed by atoms with van der Waals surface area (Å²) in [5, 5.41) is 9.45. The summed E-state index contributed by atoms with van der Waals surface area (Å²) in [6, 6.07) is 0.241. The van der Waals surface area contributed by atoms with Crippen LogP contribution in [0.25, 0.3) is 0 Å². The summed E-state index contributed by atoms with van der Waals surface area (Å²) in [5.41, 5.74) is 0. The fourth-order valence-corrected chi connectivity index (χ4v) is 2.10. The number of hydrogen-bond donors (Lipinski definition) is 1. The van der Waals surface area contributed by atoms with Crippen molar-refractivity contribution in [2.24, 2.45) is 4.99 Å². The van der Waals surface area contributed by atoms with Gasteiger partial charge in [0, 0.05) is 6.42 Å². The van der Waals surface area contributed by atoms with Gasteiger partial charge in [-0.25, -0.2) is 4.99 Å². The van der Waals surface area contributed by atoms with E-state index < -0.39 is 0 Å². The second kappa shape index (κ2) is 3.66.